The van der Waals surface area contributed by atoms with E-state index >= 15 is 0 Å². The smallest absolute Gasteiger partial charge is 0.310 e. The van der Waals surface area contributed by atoms with E-state index in [0.29, 0.717) is 6.42 Å². The highest BCUT2D eigenvalue weighted by molar-refractivity contribution is 5.90. The van der Waals surface area contributed by atoms with Gasteiger partial charge in [-0.05, 0) is 36.6 Å². The highest BCUT2D eigenvalue weighted by Gasteiger charge is 2.30. The molecule has 0 radical (unpaired) electrons. The van der Waals surface area contributed by atoms with Gasteiger partial charge in [0.2, 0.25) is 11.8 Å². The molecule has 0 aromatic heterocycles. The Labute approximate surface area is 159 Å². The van der Waals surface area contributed by atoms with Gasteiger partial charge in [0.15, 0.2) is 0 Å². The van der Waals surface area contributed by atoms with E-state index in [9.17, 15) is 14.4 Å². The summed E-state index contributed by atoms with van der Waals surface area (Å²) in [6, 6.07) is 14.0. The average Bonchev–Trinajstić information content (AvgIpc) is 2.62. The maximum absolute atomic E-state index is 12.4. The number of carbonyl (C=O) groups is 3. The lowest BCUT2D eigenvalue weighted by Gasteiger charge is -2.25. The summed E-state index contributed by atoms with van der Waals surface area (Å²) in [5.41, 5.74) is -0.0744. The number of esters is 1. The van der Waals surface area contributed by atoms with Crippen LogP contribution in [0.15, 0.2) is 42.5 Å². The van der Waals surface area contributed by atoms with Crippen LogP contribution < -0.4 is 10.6 Å². The molecular formula is C21H26N2O4. The molecule has 0 saturated carbocycles. The van der Waals surface area contributed by atoms with Gasteiger partial charge < -0.3 is 15.4 Å². The van der Waals surface area contributed by atoms with E-state index in [-0.39, 0.29) is 24.3 Å². The molecule has 0 spiro atoms. The molecule has 144 valence electrons. The highest BCUT2D eigenvalue weighted by Crippen LogP contribution is 2.18. The zero-order chi connectivity index (χ0) is 20.0. The summed E-state index contributed by atoms with van der Waals surface area (Å²) >= 11 is 0. The Hall–Kier alpha value is -2.89. The molecule has 6 heteroatoms. The maximum Gasteiger partial charge on any atom is 0.310 e. The minimum Gasteiger partial charge on any atom is -0.469 e. The Morgan fingerprint density at radius 3 is 2.37 bits per heavy atom. The van der Waals surface area contributed by atoms with Gasteiger partial charge in [-0.15, -0.1) is 0 Å². The zero-order valence-electron chi connectivity index (χ0n) is 16.2. The van der Waals surface area contributed by atoms with Crippen LogP contribution in [0.3, 0.4) is 0 Å². The van der Waals surface area contributed by atoms with Gasteiger partial charge in [-0.3, -0.25) is 14.4 Å². The second-order valence-corrected chi connectivity index (χ2v) is 7.12. The fourth-order valence-electron chi connectivity index (χ4n) is 2.99. The van der Waals surface area contributed by atoms with E-state index in [1.807, 2.05) is 42.5 Å². The van der Waals surface area contributed by atoms with E-state index in [1.165, 1.54) is 14.0 Å². The van der Waals surface area contributed by atoms with Crippen LogP contribution in [0.4, 0.5) is 0 Å². The number of hydrogen-bond acceptors (Lipinski definition) is 4. The molecule has 0 aliphatic heterocycles. The van der Waals surface area contributed by atoms with Crippen LogP contribution in [0.1, 0.15) is 26.3 Å². The molecule has 0 bridgehead atoms. The Balaban J connectivity index is 2.09. The van der Waals surface area contributed by atoms with Crippen molar-refractivity contribution in [2.45, 2.75) is 32.7 Å². The molecule has 2 N–H and O–H groups in total. The lowest BCUT2D eigenvalue weighted by molar-refractivity contribution is -0.145. The fraction of sp³-hybridized carbons (Fsp3) is 0.381. The standard InChI is InChI=1S/C21H26N2O4/c1-14(24)23-21(2,3)20(26)22-13-18(19(25)27-4)12-15-9-10-16-7-5-6-8-17(16)11-15/h5-11,18H,12-13H2,1-4H3,(H,22,26)(H,23,24). The van der Waals surface area contributed by atoms with E-state index in [1.54, 1.807) is 13.8 Å². The first-order chi connectivity index (χ1) is 12.7. The summed E-state index contributed by atoms with van der Waals surface area (Å²) in [6.45, 7) is 4.70. The molecule has 0 fully saturated rings. The topological polar surface area (TPSA) is 84.5 Å². The molecule has 2 aromatic rings. The number of hydrogen-bond donors (Lipinski definition) is 2. The number of benzene rings is 2. The highest BCUT2D eigenvalue weighted by atomic mass is 16.5. The van der Waals surface area contributed by atoms with Crippen LogP contribution in [-0.4, -0.2) is 37.0 Å². The van der Waals surface area contributed by atoms with E-state index in [0.717, 1.165) is 16.3 Å². The van der Waals surface area contributed by atoms with Gasteiger partial charge in [0.05, 0.1) is 13.0 Å². The van der Waals surface area contributed by atoms with Gasteiger partial charge in [0, 0.05) is 13.5 Å². The maximum atomic E-state index is 12.4. The third kappa shape index (κ3) is 5.54. The van der Waals surface area contributed by atoms with Crippen LogP contribution in [0.5, 0.6) is 0 Å². The van der Waals surface area contributed by atoms with Crippen molar-refractivity contribution < 1.29 is 19.1 Å². The number of carbonyl (C=O) groups excluding carboxylic acids is 3. The first-order valence-electron chi connectivity index (χ1n) is 8.85. The summed E-state index contributed by atoms with van der Waals surface area (Å²) < 4.78 is 4.89. The molecule has 2 aromatic carbocycles. The third-order valence-electron chi connectivity index (χ3n) is 4.40. The van der Waals surface area contributed by atoms with Gasteiger partial charge >= 0.3 is 5.97 Å². The average molecular weight is 370 g/mol. The number of methoxy groups -OCH3 is 1. The van der Waals surface area contributed by atoms with Crippen LogP contribution in [-0.2, 0) is 25.5 Å². The minimum absolute atomic E-state index is 0.126. The second-order valence-electron chi connectivity index (χ2n) is 7.12. The van der Waals surface area contributed by atoms with Gasteiger partial charge in [0.25, 0.3) is 0 Å². The van der Waals surface area contributed by atoms with Crippen LogP contribution in [0.2, 0.25) is 0 Å². The van der Waals surface area contributed by atoms with Gasteiger partial charge in [-0.2, -0.15) is 0 Å². The fourth-order valence-corrected chi connectivity index (χ4v) is 2.99. The normalized spacial score (nSPS) is 12.3. The number of ether oxygens (including phenoxy) is 1. The number of nitrogens with one attached hydrogen (secondary N) is 2. The van der Waals surface area contributed by atoms with Crippen molar-refractivity contribution in [3.63, 3.8) is 0 Å². The summed E-state index contributed by atoms with van der Waals surface area (Å²) in [4.78, 5) is 35.8. The predicted molar refractivity (Wildman–Crippen MR) is 104 cm³/mol. The lowest BCUT2D eigenvalue weighted by atomic mass is 9.96. The van der Waals surface area contributed by atoms with Gasteiger partial charge in [-0.25, -0.2) is 0 Å². The molecule has 2 amide bonds. The lowest BCUT2D eigenvalue weighted by Crippen LogP contribution is -2.55. The SMILES string of the molecule is COC(=O)C(CNC(=O)C(C)(C)NC(C)=O)Cc1ccc2ccccc2c1. The van der Waals surface area contributed by atoms with E-state index in [2.05, 4.69) is 10.6 Å². The molecule has 2 rings (SSSR count). The van der Waals surface area contributed by atoms with E-state index < -0.39 is 11.5 Å². The molecule has 0 aliphatic rings. The Morgan fingerprint density at radius 1 is 1.07 bits per heavy atom. The first-order valence-corrected chi connectivity index (χ1v) is 8.85. The van der Waals surface area contributed by atoms with Crippen molar-refractivity contribution in [1.29, 1.82) is 0 Å². The van der Waals surface area contributed by atoms with Gasteiger partial charge in [-0.1, -0.05) is 42.5 Å². The molecule has 0 heterocycles. The van der Waals surface area contributed by atoms with Crippen molar-refractivity contribution in [1.82, 2.24) is 10.6 Å². The number of fused-ring (bicyclic) bond motifs is 1. The number of amides is 2. The van der Waals surface area contributed by atoms with Crippen LogP contribution in [0.25, 0.3) is 10.8 Å². The van der Waals surface area contributed by atoms with Gasteiger partial charge in [0.1, 0.15) is 5.54 Å². The van der Waals surface area contributed by atoms with Crippen molar-refractivity contribution >= 4 is 28.6 Å². The quantitative estimate of drug-likeness (QED) is 0.732. The minimum atomic E-state index is -1.06. The van der Waals surface area contributed by atoms with Crippen molar-refractivity contribution in [3.05, 3.63) is 48.0 Å². The Bertz CT molecular complexity index is 845. The van der Waals surface area contributed by atoms with Crippen molar-refractivity contribution in [2.75, 3.05) is 13.7 Å². The second kappa shape index (κ2) is 8.66. The van der Waals surface area contributed by atoms with E-state index in [4.69, 9.17) is 4.74 Å². The zero-order valence-corrected chi connectivity index (χ0v) is 16.2. The van der Waals surface area contributed by atoms with Crippen LogP contribution in [0, 0.1) is 5.92 Å². The molecule has 6 nitrogen and oxygen atoms in total. The summed E-state index contributed by atoms with van der Waals surface area (Å²) in [6.07, 6.45) is 0.443. The Morgan fingerprint density at radius 2 is 1.74 bits per heavy atom. The monoisotopic (exact) mass is 370 g/mol. The largest absolute Gasteiger partial charge is 0.469 e. The first kappa shape index (κ1) is 20.4. The molecule has 1 atom stereocenters. The molecule has 1 unspecified atom stereocenters. The number of rotatable bonds is 7. The summed E-state index contributed by atoms with van der Waals surface area (Å²) in [7, 11) is 1.33. The van der Waals surface area contributed by atoms with Crippen molar-refractivity contribution in [3.8, 4) is 0 Å². The molecule has 0 aliphatic carbocycles. The van der Waals surface area contributed by atoms with Crippen molar-refractivity contribution in [2.24, 2.45) is 5.92 Å². The summed E-state index contributed by atoms with van der Waals surface area (Å²) in [5, 5.41) is 7.55. The molecule has 27 heavy (non-hydrogen) atoms. The Kier molecular flexibility index (Phi) is 6.55. The predicted octanol–water partition coefficient (Wildman–Crippen LogP) is 2.20. The third-order valence-corrected chi connectivity index (χ3v) is 4.40. The summed E-state index contributed by atoms with van der Waals surface area (Å²) in [5.74, 6) is -1.56. The molecular weight excluding hydrogens is 344 g/mol. The van der Waals surface area contributed by atoms with Crippen LogP contribution >= 0.6 is 0 Å². The molecule has 0 saturated heterocycles.